The van der Waals surface area contributed by atoms with Crippen LogP contribution in [0.4, 0.5) is 0 Å². The summed E-state index contributed by atoms with van der Waals surface area (Å²) in [5.74, 6) is -0.210. The van der Waals surface area contributed by atoms with Crippen molar-refractivity contribution in [2.45, 2.75) is 18.9 Å². The maximum absolute atomic E-state index is 11.6. The number of hydrogen-bond acceptors (Lipinski definition) is 5. The summed E-state index contributed by atoms with van der Waals surface area (Å²) in [6.45, 7) is 3.05. The maximum Gasteiger partial charge on any atom is 0.317 e. The number of rotatable bonds is 3. The molecule has 2 aliphatic rings. The van der Waals surface area contributed by atoms with Gasteiger partial charge in [-0.3, -0.25) is 14.6 Å². The van der Waals surface area contributed by atoms with Crippen molar-refractivity contribution in [2.24, 2.45) is 0 Å². The Morgan fingerprint density at radius 3 is 2.44 bits per heavy atom. The van der Waals surface area contributed by atoms with Crippen molar-refractivity contribution in [1.29, 1.82) is 0 Å². The second-order valence-corrected chi connectivity index (χ2v) is 7.34. The van der Waals surface area contributed by atoms with Crippen LogP contribution in [0.25, 0.3) is 0 Å². The minimum absolute atomic E-state index is 0.0802. The first-order valence-electron chi connectivity index (χ1n) is 6.35. The molecule has 6 nitrogen and oxygen atoms in total. The van der Waals surface area contributed by atoms with Crippen molar-refractivity contribution >= 4 is 15.8 Å². The van der Waals surface area contributed by atoms with Gasteiger partial charge in [0, 0.05) is 32.2 Å². The third-order valence-corrected chi connectivity index (χ3v) is 5.52. The smallest absolute Gasteiger partial charge is 0.317 e. The second-order valence-electron chi connectivity index (χ2n) is 5.12. The van der Waals surface area contributed by atoms with Crippen LogP contribution in [0.3, 0.4) is 0 Å². The van der Waals surface area contributed by atoms with Crippen LogP contribution in [0.5, 0.6) is 0 Å². The molecule has 0 aromatic rings. The minimum Gasteiger partial charge on any atom is -0.480 e. The van der Waals surface area contributed by atoms with Crippen molar-refractivity contribution in [3.63, 3.8) is 0 Å². The molecule has 18 heavy (non-hydrogen) atoms. The van der Waals surface area contributed by atoms with Gasteiger partial charge in [0.05, 0.1) is 18.1 Å². The number of sulfone groups is 1. The van der Waals surface area contributed by atoms with Gasteiger partial charge in [-0.15, -0.1) is 0 Å². The van der Waals surface area contributed by atoms with Crippen LogP contribution < -0.4 is 0 Å². The lowest BCUT2D eigenvalue weighted by Gasteiger charge is -2.40. The average Bonchev–Trinajstić information content (AvgIpc) is 2.28. The van der Waals surface area contributed by atoms with Gasteiger partial charge >= 0.3 is 5.97 Å². The van der Waals surface area contributed by atoms with Crippen molar-refractivity contribution in [3.8, 4) is 0 Å². The molecule has 1 unspecified atom stereocenters. The van der Waals surface area contributed by atoms with E-state index in [-0.39, 0.29) is 18.3 Å². The number of carboxylic acids is 1. The summed E-state index contributed by atoms with van der Waals surface area (Å²) in [5, 5.41) is 8.71. The highest BCUT2D eigenvalue weighted by atomic mass is 32.2. The molecule has 0 bridgehead atoms. The van der Waals surface area contributed by atoms with Crippen LogP contribution in [0.1, 0.15) is 12.8 Å². The summed E-state index contributed by atoms with van der Waals surface area (Å²) in [5.41, 5.74) is 0. The Bertz CT molecular complexity index is 401. The quantitative estimate of drug-likeness (QED) is 0.732. The first kappa shape index (κ1) is 13.8. The molecule has 2 fully saturated rings. The molecule has 0 aliphatic carbocycles. The Labute approximate surface area is 107 Å². The topological polar surface area (TPSA) is 77.9 Å². The van der Waals surface area contributed by atoms with E-state index in [4.69, 9.17) is 5.11 Å². The van der Waals surface area contributed by atoms with E-state index in [1.54, 1.807) is 0 Å². The lowest BCUT2D eigenvalue weighted by atomic mass is 10.1. The third-order valence-electron chi connectivity index (χ3n) is 3.72. The largest absolute Gasteiger partial charge is 0.480 e. The van der Waals surface area contributed by atoms with Gasteiger partial charge in [-0.2, -0.15) is 0 Å². The van der Waals surface area contributed by atoms with Crippen LogP contribution >= 0.6 is 0 Å². The molecule has 2 aliphatic heterocycles. The van der Waals surface area contributed by atoms with E-state index in [0.29, 0.717) is 18.8 Å². The zero-order chi connectivity index (χ0) is 13.2. The Balaban J connectivity index is 1.84. The summed E-state index contributed by atoms with van der Waals surface area (Å²) in [6, 6.07) is 0.135. The fourth-order valence-corrected chi connectivity index (χ4v) is 4.50. The SMILES string of the molecule is O=C(O)CN1CCN(C2CCCS(=O)(=O)C2)CC1. The van der Waals surface area contributed by atoms with E-state index < -0.39 is 15.8 Å². The first-order chi connectivity index (χ1) is 8.46. The van der Waals surface area contributed by atoms with Gasteiger partial charge in [-0.1, -0.05) is 0 Å². The fourth-order valence-electron chi connectivity index (χ4n) is 2.76. The summed E-state index contributed by atoms with van der Waals surface area (Å²) in [6.07, 6.45) is 1.69. The van der Waals surface area contributed by atoms with Gasteiger partial charge < -0.3 is 5.11 Å². The molecule has 2 saturated heterocycles. The Morgan fingerprint density at radius 1 is 1.22 bits per heavy atom. The minimum atomic E-state index is -2.86. The highest BCUT2D eigenvalue weighted by Crippen LogP contribution is 2.19. The van der Waals surface area contributed by atoms with Gasteiger partial charge in [0.25, 0.3) is 0 Å². The normalized spacial score (nSPS) is 30.1. The van der Waals surface area contributed by atoms with Crippen molar-refractivity contribution in [2.75, 3.05) is 44.2 Å². The number of carboxylic acid groups (broad SMARTS) is 1. The zero-order valence-corrected chi connectivity index (χ0v) is 11.2. The summed E-state index contributed by atoms with van der Waals surface area (Å²) >= 11 is 0. The zero-order valence-electron chi connectivity index (χ0n) is 10.4. The van der Waals surface area contributed by atoms with Crippen LogP contribution in [-0.4, -0.2) is 79.6 Å². The second kappa shape index (κ2) is 5.54. The Kier molecular flexibility index (Phi) is 4.24. The predicted molar refractivity (Wildman–Crippen MR) is 67.3 cm³/mol. The highest BCUT2D eigenvalue weighted by Gasteiger charge is 2.31. The van der Waals surface area contributed by atoms with Crippen molar-refractivity contribution in [1.82, 2.24) is 9.80 Å². The fraction of sp³-hybridized carbons (Fsp3) is 0.909. The number of aliphatic carboxylic acids is 1. The van der Waals surface area contributed by atoms with Gasteiger partial charge in [-0.05, 0) is 12.8 Å². The van der Waals surface area contributed by atoms with Crippen LogP contribution in [-0.2, 0) is 14.6 Å². The van der Waals surface area contributed by atoms with Crippen LogP contribution in [0.2, 0.25) is 0 Å². The van der Waals surface area contributed by atoms with Gasteiger partial charge in [0.1, 0.15) is 0 Å². The monoisotopic (exact) mass is 276 g/mol. The Hall–Kier alpha value is -0.660. The molecule has 2 heterocycles. The first-order valence-corrected chi connectivity index (χ1v) is 8.17. The Morgan fingerprint density at radius 2 is 1.89 bits per heavy atom. The molecule has 2 rings (SSSR count). The van der Waals surface area contributed by atoms with E-state index in [2.05, 4.69) is 4.90 Å². The molecule has 0 aromatic heterocycles. The van der Waals surface area contributed by atoms with Crippen molar-refractivity contribution in [3.05, 3.63) is 0 Å². The van der Waals surface area contributed by atoms with Crippen LogP contribution in [0.15, 0.2) is 0 Å². The lowest BCUT2D eigenvalue weighted by Crippen LogP contribution is -2.53. The van der Waals surface area contributed by atoms with Crippen LogP contribution in [0, 0.1) is 0 Å². The van der Waals surface area contributed by atoms with Gasteiger partial charge in [0.2, 0.25) is 0 Å². The molecule has 0 aromatic carbocycles. The molecule has 0 spiro atoms. The molecular weight excluding hydrogens is 256 g/mol. The summed E-state index contributed by atoms with van der Waals surface area (Å²) in [7, 11) is -2.86. The highest BCUT2D eigenvalue weighted by molar-refractivity contribution is 7.91. The molecule has 0 radical (unpaired) electrons. The summed E-state index contributed by atoms with van der Waals surface area (Å²) < 4.78 is 23.2. The average molecular weight is 276 g/mol. The molecule has 1 N–H and O–H groups in total. The maximum atomic E-state index is 11.6. The summed E-state index contributed by atoms with van der Waals surface area (Å²) in [4.78, 5) is 14.7. The molecule has 1 atom stereocenters. The van der Waals surface area contributed by atoms with E-state index in [1.165, 1.54) is 0 Å². The molecule has 0 amide bonds. The van der Waals surface area contributed by atoms with E-state index in [9.17, 15) is 13.2 Å². The predicted octanol–water partition coefficient (Wildman–Crippen LogP) is -0.734. The van der Waals surface area contributed by atoms with Gasteiger partial charge in [0.15, 0.2) is 9.84 Å². The number of nitrogens with zero attached hydrogens (tertiary/aromatic N) is 2. The number of hydrogen-bond donors (Lipinski definition) is 1. The van der Waals surface area contributed by atoms with Crippen molar-refractivity contribution < 1.29 is 18.3 Å². The number of piperazine rings is 1. The van der Waals surface area contributed by atoms with E-state index in [0.717, 1.165) is 25.9 Å². The van der Waals surface area contributed by atoms with E-state index >= 15 is 0 Å². The molecule has 0 saturated carbocycles. The van der Waals surface area contributed by atoms with Gasteiger partial charge in [-0.25, -0.2) is 8.42 Å². The third kappa shape index (κ3) is 3.66. The number of carbonyl (C=O) groups is 1. The lowest BCUT2D eigenvalue weighted by molar-refractivity contribution is -0.138. The van der Waals surface area contributed by atoms with E-state index in [1.807, 2.05) is 4.90 Å². The standard InChI is InChI=1S/C11H20N2O4S/c14-11(15)8-12-3-5-13(6-4-12)10-2-1-7-18(16,17)9-10/h10H,1-9H2,(H,14,15). The molecule has 104 valence electrons. The molecule has 7 heteroatoms. The molecular formula is C11H20N2O4S.